The minimum atomic E-state index is -1.35. The lowest BCUT2D eigenvalue weighted by atomic mass is 9.88. The number of halogens is 2. The zero-order valence-electron chi connectivity index (χ0n) is 13.5. The van der Waals surface area contributed by atoms with Gasteiger partial charge in [-0.25, -0.2) is 9.79 Å². The third kappa shape index (κ3) is 3.54. The Morgan fingerprint density at radius 1 is 1.26 bits per heavy atom. The van der Waals surface area contributed by atoms with Crippen LogP contribution in [0, 0.1) is 0 Å². The fourth-order valence-electron chi connectivity index (χ4n) is 2.37. The summed E-state index contributed by atoms with van der Waals surface area (Å²) < 4.78 is 10.9. The highest BCUT2D eigenvalue weighted by atomic mass is 35.5. The minimum absolute atomic E-state index is 0.226. The van der Waals surface area contributed by atoms with Gasteiger partial charge in [0.15, 0.2) is 10.4 Å². The molecule has 1 aliphatic rings. The Balaban J connectivity index is 2.64. The van der Waals surface area contributed by atoms with Crippen LogP contribution < -0.4 is 0 Å². The van der Waals surface area contributed by atoms with E-state index >= 15 is 0 Å². The maximum Gasteiger partial charge on any atom is 0.338 e. The lowest BCUT2D eigenvalue weighted by Crippen LogP contribution is -2.39. The molecule has 23 heavy (non-hydrogen) atoms. The molecule has 0 spiro atoms. The first-order chi connectivity index (χ1) is 10.7. The van der Waals surface area contributed by atoms with Crippen molar-refractivity contribution < 1.29 is 14.3 Å². The third-order valence-electron chi connectivity index (χ3n) is 3.29. The molecule has 1 aromatic rings. The molecule has 1 heterocycles. The maximum atomic E-state index is 12.3. The Morgan fingerprint density at radius 3 is 2.35 bits per heavy atom. The molecule has 4 nitrogen and oxygen atoms in total. The van der Waals surface area contributed by atoms with Crippen LogP contribution in [-0.4, -0.2) is 29.4 Å². The molecule has 0 radical (unpaired) electrons. The molecule has 0 fully saturated rings. The van der Waals surface area contributed by atoms with Crippen molar-refractivity contribution in [2.45, 2.75) is 36.7 Å². The molecular formula is C17H19Cl2NO3. The van der Waals surface area contributed by atoms with Crippen molar-refractivity contribution in [1.29, 1.82) is 0 Å². The molecule has 124 valence electrons. The van der Waals surface area contributed by atoms with Gasteiger partial charge in [0, 0.05) is 11.6 Å². The first-order valence-corrected chi connectivity index (χ1v) is 8.01. The topological polar surface area (TPSA) is 47.9 Å². The van der Waals surface area contributed by atoms with Crippen molar-refractivity contribution in [3.05, 3.63) is 47.5 Å². The molecule has 1 aromatic carbocycles. The van der Waals surface area contributed by atoms with Crippen LogP contribution in [0.5, 0.6) is 0 Å². The number of hydrogen-bond acceptors (Lipinski definition) is 4. The molecule has 0 aromatic heterocycles. The second kappa shape index (κ2) is 6.54. The SMILES string of the molecule is COC(=O)C1=CC(=NC(C)(C)C)OC1(c1ccccc1)C(Cl)Cl. The van der Waals surface area contributed by atoms with Gasteiger partial charge in [0.1, 0.15) is 0 Å². The van der Waals surface area contributed by atoms with Gasteiger partial charge >= 0.3 is 5.97 Å². The Morgan fingerprint density at radius 2 is 1.87 bits per heavy atom. The van der Waals surface area contributed by atoms with Gasteiger partial charge in [0.05, 0.1) is 18.2 Å². The Bertz CT molecular complexity index is 648. The molecule has 0 saturated carbocycles. The van der Waals surface area contributed by atoms with Crippen LogP contribution in [-0.2, 0) is 19.9 Å². The van der Waals surface area contributed by atoms with Gasteiger partial charge in [-0.1, -0.05) is 30.3 Å². The van der Waals surface area contributed by atoms with Crippen LogP contribution in [0.2, 0.25) is 0 Å². The van der Waals surface area contributed by atoms with Crippen LogP contribution in [0.3, 0.4) is 0 Å². The average molecular weight is 356 g/mol. The van der Waals surface area contributed by atoms with Gasteiger partial charge in [0.2, 0.25) is 5.90 Å². The first-order valence-electron chi connectivity index (χ1n) is 7.14. The summed E-state index contributed by atoms with van der Waals surface area (Å²) in [5.74, 6) is -0.257. The van der Waals surface area contributed by atoms with Gasteiger partial charge in [-0.05, 0) is 20.8 Å². The van der Waals surface area contributed by atoms with Gasteiger partial charge in [-0.3, -0.25) is 0 Å². The van der Waals surface area contributed by atoms with E-state index < -0.39 is 16.4 Å². The van der Waals surface area contributed by atoms with E-state index in [0.717, 1.165) is 0 Å². The molecule has 0 bridgehead atoms. The lowest BCUT2D eigenvalue weighted by Gasteiger charge is -2.32. The fraction of sp³-hybridized carbons (Fsp3) is 0.412. The molecule has 0 N–H and O–H groups in total. The number of esters is 1. The zero-order chi connectivity index (χ0) is 17.3. The average Bonchev–Trinajstić information content (AvgIpc) is 2.85. The molecular weight excluding hydrogens is 337 g/mol. The second-order valence-electron chi connectivity index (χ2n) is 6.17. The summed E-state index contributed by atoms with van der Waals surface area (Å²) in [7, 11) is 1.30. The van der Waals surface area contributed by atoms with Crippen LogP contribution >= 0.6 is 23.2 Å². The highest BCUT2D eigenvalue weighted by Crippen LogP contribution is 2.46. The highest BCUT2D eigenvalue weighted by molar-refractivity contribution is 6.45. The molecule has 1 atom stereocenters. The number of rotatable bonds is 3. The van der Waals surface area contributed by atoms with Crippen LogP contribution in [0.15, 0.2) is 47.0 Å². The van der Waals surface area contributed by atoms with Crippen molar-refractivity contribution in [1.82, 2.24) is 0 Å². The summed E-state index contributed by atoms with van der Waals surface area (Å²) in [6, 6.07) is 9.10. The van der Waals surface area contributed by atoms with Crippen LogP contribution in [0.1, 0.15) is 26.3 Å². The normalized spacial score (nSPS) is 22.9. The van der Waals surface area contributed by atoms with E-state index in [9.17, 15) is 4.79 Å². The Hall–Kier alpha value is -1.52. The standard InChI is InChI=1S/C17H19Cl2NO3/c1-16(2,3)20-13-10-12(14(21)22-4)17(23-13,15(18)19)11-8-6-5-7-9-11/h5-10,15H,1-4H3. The van der Waals surface area contributed by atoms with E-state index in [1.54, 1.807) is 18.2 Å². The second-order valence-corrected chi connectivity index (χ2v) is 7.27. The monoisotopic (exact) mass is 355 g/mol. The number of carbonyl (C=O) groups is 1. The molecule has 0 saturated heterocycles. The number of benzene rings is 1. The Kier molecular flexibility index (Phi) is 5.07. The van der Waals surface area contributed by atoms with Crippen molar-refractivity contribution in [3.8, 4) is 0 Å². The van der Waals surface area contributed by atoms with Gasteiger partial charge in [0.25, 0.3) is 0 Å². The van der Waals surface area contributed by atoms with Crippen LogP contribution in [0.4, 0.5) is 0 Å². The molecule has 0 aliphatic carbocycles. The van der Waals surface area contributed by atoms with Crippen molar-refractivity contribution >= 4 is 35.1 Å². The summed E-state index contributed by atoms with van der Waals surface area (Å²) in [5.41, 5.74) is -0.842. The van der Waals surface area contributed by atoms with Gasteiger partial charge in [-0.2, -0.15) is 0 Å². The lowest BCUT2D eigenvalue weighted by molar-refractivity contribution is -0.138. The molecule has 0 amide bonds. The summed E-state index contributed by atoms with van der Waals surface area (Å²) >= 11 is 12.5. The minimum Gasteiger partial charge on any atom is -0.466 e. The largest absolute Gasteiger partial charge is 0.466 e. The van der Waals surface area contributed by atoms with E-state index in [1.165, 1.54) is 7.11 Å². The van der Waals surface area contributed by atoms with Crippen molar-refractivity contribution in [2.24, 2.45) is 4.99 Å². The summed E-state index contributed by atoms with van der Waals surface area (Å²) in [4.78, 5) is 15.7. The first kappa shape index (κ1) is 17.8. The summed E-state index contributed by atoms with van der Waals surface area (Å²) in [6.07, 6.45) is 1.54. The molecule has 1 aliphatic heterocycles. The van der Waals surface area contributed by atoms with Gasteiger partial charge in [-0.15, -0.1) is 23.2 Å². The number of carbonyl (C=O) groups excluding carboxylic acids is 1. The Labute approximate surface area is 146 Å². The maximum absolute atomic E-state index is 12.3. The van der Waals surface area contributed by atoms with Crippen molar-refractivity contribution in [3.63, 3.8) is 0 Å². The quantitative estimate of drug-likeness (QED) is 0.607. The van der Waals surface area contributed by atoms with E-state index in [-0.39, 0.29) is 11.1 Å². The third-order valence-corrected chi connectivity index (χ3v) is 3.91. The zero-order valence-corrected chi connectivity index (χ0v) is 15.0. The number of hydrogen-bond donors (Lipinski definition) is 0. The molecule has 2 rings (SSSR count). The number of aliphatic imine (C=N–C) groups is 1. The smallest absolute Gasteiger partial charge is 0.338 e. The van der Waals surface area contributed by atoms with E-state index in [0.29, 0.717) is 11.5 Å². The molecule has 1 unspecified atom stereocenters. The number of nitrogens with zero attached hydrogens (tertiary/aromatic N) is 1. The van der Waals surface area contributed by atoms with Gasteiger partial charge < -0.3 is 9.47 Å². The molecule has 6 heteroatoms. The highest BCUT2D eigenvalue weighted by Gasteiger charge is 2.52. The predicted octanol–water partition coefficient (Wildman–Crippen LogP) is 4.01. The van der Waals surface area contributed by atoms with Crippen molar-refractivity contribution in [2.75, 3.05) is 7.11 Å². The number of methoxy groups -OCH3 is 1. The number of ether oxygens (including phenoxy) is 2. The van der Waals surface area contributed by atoms with E-state index in [1.807, 2.05) is 39.0 Å². The number of alkyl halides is 2. The van der Waals surface area contributed by atoms with Crippen LogP contribution in [0.25, 0.3) is 0 Å². The fourth-order valence-corrected chi connectivity index (χ4v) is 2.95. The van der Waals surface area contributed by atoms with E-state index in [2.05, 4.69) is 4.99 Å². The van der Waals surface area contributed by atoms with E-state index in [4.69, 9.17) is 32.7 Å². The predicted molar refractivity (Wildman–Crippen MR) is 92.0 cm³/mol. The summed E-state index contributed by atoms with van der Waals surface area (Å²) in [5, 5.41) is 0. The summed E-state index contributed by atoms with van der Waals surface area (Å²) in [6.45, 7) is 5.78.